The number of aromatic nitrogens is 1. The first-order valence-corrected chi connectivity index (χ1v) is 9.77. The number of hydrogen-bond donors (Lipinski definition) is 2. The van der Waals surface area contributed by atoms with E-state index in [0.717, 1.165) is 31.0 Å². The predicted octanol–water partition coefficient (Wildman–Crippen LogP) is 3.87. The average Bonchev–Trinajstić information content (AvgIpc) is 2.72. The summed E-state index contributed by atoms with van der Waals surface area (Å²) in [6.07, 6.45) is 5.22. The molecule has 1 saturated heterocycles. The van der Waals surface area contributed by atoms with Gasteiger partial charge < -0.3 is 9.80 Å². The molecule has 144 valence electrons. The number of nitrogens with one attached hydrogen (secondary N) is 1. The molecule has 1 fully saturated rings. The maximum Gasteiger partial charge on any atom is 0.223 e. The normalized spacial score (nSPS) is 15.1. The van der Waals surface area contributed by atoms with Crippen LogP contribution in [0.5, 0.6) is 0 Å². The van der Waals surface area contributed by atoms with E-state index in [1.165, 1.54) is 18.4 Å². The summed E-state index contributed by atoms with van der Waals surface area (Å²) in [4.78, 5) is 13.1. The van der Waals surface area contributed by atoms with E-state index in [0.29, 0.717) is 24.1 Å². The molecule has 0 amide bonds. The van der Waals surface area contributed by atoms with Crippen LogP contribution in [-0.4, -0.2) is 47.2 Å². The number of benzene rings is 1. The number of hydrogen-bond acceptors (Lipinski definition) is 4. The Morgan fingerprint density at radius 2 is 1.93 bits per heavy atom. The van der Waals surface area contributed by atoms with Crippen LogP contribution in [0.1, 0.15) is 25.3 Å². The van der Waals surface area contributed by atoms with Crippen LogP contribution in [0.25, 0.3) is 0 Å². The van der Waals surface area contributed by atoms with Gasteiger partial charge in [0.1, 0.15) is 5.82 Å². The highest BCUT2D eigenvalue weighted by atomic mass is 35.5. The van der Waals surface area contributed by atoms with Crippen LogP contribution in [-0.2, 0) is 6.42 Å². The number of unbranched alkanes of at least 4 members (excludes halogenated alkanes) is 1. The van der Waals surface area contributed by atoms with Crippen LogP contribution in [0, 0.1) is 0 Å². The van der Waals surface area contributed by atoms with Gasteiger partial charge >= 0.3 is 0 Å². The highest BCUT2D eigenvalue weighted by Crippen LogP contribution is 2.23. The first-order chi connectivity index (χ1) is 13.2. The Hall–Kier alpha value is -2.31. The number of rotatable bonds is 5. The lowest BCUT2D eigenvalue weighted by atomic mass is 10.1. The van der Waals surface area contributed by atoms with E-state index < -0.39 is 0 Å². The van der Waals surface area contributed by atoms with Crippen molar-refractivity contribution in [2.75, 3.05) is 31.1 Å². The fourth-order valence-electron chi connectivity index (χ4n) is 3.15. The molecule has 3 rings (SSSR count). The standard InChI is InChI=1S/C20H26ClN5O/c1-2-3-5-16-7-9-17(10-8-16)23-20(24-27)26-14-12-25(13-15-26)19-18(21)6-4-11-22-19/h4,6-11,27H,2-3,5,12-15H2,1H3,(H,23,24). The van der Waals surface area contributed by atoms with Crippen LogP contribution >= 0.6 is 11.6 Å². The minimum atomic E-state index is 0.461. The summed E-state index contributed by atoms with van der Waals surface area (Å²) in [5, 5.41) is 10.2. The Morgan fingerprint density at radius 3 is 2.56 bits per heavy atom. The largest absolute Gasteiger partial charge is 0.352 e. The second-order valence-electron chi connectivity index (χ2n) is 6.60. The molecule has 0 bridgehead atoms. The molecule has 1 aromatic carbocycles. The lowest BCUT2D eigenvalue weighted by Crippen LogP contribution is -2.52. The van der Waals surface area contributed by atoms with Gasteiger partial charge in [-0.15, -0.1) is 0 Å². The molecule has 0 radical (unpaired) electrons. The molecule has 1 aliphatic rings. The number of anilines is 1. The second-order valence-corrected chi connectivity index (χ2v) is 7.01. The third kappa shape index (κ3) is 5.11. The number of piperazine rings is 1. The van der Waals surface area contributed by atoms with Crippen molar-refractivity contribution >= 4 is 29.1 Å². The monoisotopic (exact) mass is 387 g/mol. The molecule has 2 aromatic rings. The van der Waals surface area contributed by atoms with E-state index in [1.54, 1.807) is 6.20 Å². The first-order valence-electron chi connectivity index (χ1n) is 9.39. The van der Waals surface area contributed by atoms with Gasteiger partial charge in [-0.05, 0) is 42.7 Å². The summed E-state index contributed by atoms with van der Waals surface area (Å²) in [7, 11) is 0. The molecule has 27 heavy (non-hydrogen) atoms. The van der Waals surface area contributed by atoms with Gasteiger partial charge in [-0.3, -0.25) is 5.21 Å². The van der Waals surface area contributed by atoms with Crippen LogP contribution in [0.4, 0.5) is 11.5 Å². The zero-order chi connectivity index (χ0) is 19.1. The van der Waals surface area contributed by atoms with Crippen molar-refractivity contribution in [3.8, 4) is 0 Å². The average molecular weight is 388 g/mol. The molecule has 1 aromatic heterocycles. The van der Waals surface area contributed by atoms with Gasteiger partial charge in [-0.2, -0.15) is 0 Å². The van der Waals surface area contributed by atoms with Gasteiger partial charge in [0.2, 0.25) is 5.96 Å². The Balaban J connectivity index is 1.63. The number of aryl methyl sites for hydroxylation is 1. The first kappa shape index (κ1) is 19.5. The summed E-state index contributed by atoms with van der Waals surface area (Å²) in [6, 6.07) is 11.9. The van der Waals surface area contributed by atoms with Crippen molar-refractivity contribution in [1.82, 2.24) is 15.4 Å². The number of hydroxylamine groups is 1. The van der Waals surface area contributed by atoms with Gasteiger partial charge in [0.05, 0.1) is 10.7 Å². The molecule has 2 heterocycles. The molecule has 1 aliphatic heterocycles. The molecular formula is C20H26ClN5O. The minimum absolute atomic E-state index is 0.461. The van der Waals surface area contributed by atoms with E-state index in [2.05, 4.69) is 39.4 Å². The summed E-state index contributed by atoms with van der Waals surface area (Å²) in [6.45, 7) is 5.14. The van der Waals surface area contributed by atoms with Crippen molar-refractivity contribution in [3.05, 3.63) is 53.2 Å². The van der Waals surface area contributed by atoms with Crippen molar-refractivity contribution in [2.45, 2.75) is 26.2 Å². The lowest BCUT2D eigenvalue weighted by molar-refractivity contribution is 0.207. The number of pyridine rings is 1. The van der Waals surface area contributed by atoms with E-state index >= 15 is 0 Å². The Bertz CT molecular complexity index is 757. The zero-order valence-corrected chi connectivity index (χ0v) is 16.4. The molecule has 0 unspecified atom stereocenters. The molecule has 0 saturated carbocycles. The summed E-state index contributed by atoms with van der Waals surface area (Å²) in [5.41, 5.74) is 4.39. The van der Waals surface area contributed by atoms with E-state index in [1.807, 2.05) is 29.2 Å². The number of guanidine groups is 1. The Kier molecular flexibility index (Phi) is 6.90. The second kappa shape index (κ2) is 9.58. The predicted molar refractivity (Wildman–Crippen MR) is 110 cm³/mol. The van der Waals surface area contributed by atoms with Crippen LogP contribution < -0.4 is 10.4 Å². The van der Waals surface area contributed by atoms with Crippen LogP contribution in [0.3, 0.4) is 0 Å². The van der Waals surface area contributed by atoms with Gasteiger partial charge in [0, 0.05) is 32.4 Å². The van der Waals surface area contributed by atoms with Crippen LogP contribution in [0.2, 0.25) is 5.02 Å². The minimum Gasteiger partial charge on any atom is -0.352 e. The molecule has 0 atom stereocenters. The number of nitrogens with zero attached hydrogens (tertiary/aromatic N) is 4. The molecule has 0 spiro atoms. The number of aliphatic imine (C=N–C) groups is 1. The summed E-state index contributed by atoms with van der Waals surface area (Å²) >= 11 is 6.24. The van der Waals surface area contributed by atoms with Crippen molar-refractivity contribution in [1.29, 1.82) is 0 Å². The van der Waals surface area contributed by atoms with E-state index in [-0.39, 0.29) is 0 Å². The summed E-state index contributed by atoms with van der Waals surface area (Å²) < 4.78 is 0. The highest BCUT2D eigenvalue weighted by molar-refractivity contribution is 6.32. The molecular weight excluding hydrogens is 362 g/mol. The van der Waals surface area contributed by atoms with Gasteiger partial charge in [0.25, 0.3) is 0 Å². The van der Waals surface area contributed by atoms with Crippen molar-refractivity contribution in [2.24, 2.45) is 4.99 Å². The van der Waals surface area contributed by atoms with Gasteiger partial charge in [-0.25, -0.2) is 15.5 Å². The van der Waals surface area contributed by atoms with Crippen LogP contribution in [0.15, 0.2) is 47.6 Å². The summed E-state index contributed by atoms with van der Waals surface area (Å²) in [5.74, 6) is 1.26. The van der Waals surface area contributed by atoms with Crippen molar-refractivity contribution in [3.63, 3.8) is 0 Å². The highest BCUT2D eigenvalue weighted by Gasteiger charge is 2.22. The smallest absolute Gasteiger partial charge is 0.223 e. The Morgan fingerprint density at radius 1 is 1.19 bits per heavy atom. The maximum absolute atomic E-state index is 9.57. The van der Waals surface area contributed by atoms with E-state index in [4.69, 9.17) is 11.6 Å². The SMILES string of the molecule is CCCCc1ccc(N=C(NO)N2CCN(c3ncccc3Cl)CC2)cc1. The third-order valence-corrected chi connectivity index (χ3v) is 5.00. The fourth-order valence-corrected chi connectivity index (χ4v) is 3.39. The molecule has 0 aliphatic carbocycles. The zero-order valence-electron chi connectivity index (χ0n) is 15.6. The van der Waals surface area contributed by atoms with Crippen molar-refractivity contribution < 1.29 is 5.21 Å². The maximum atomic E-state index is 9.57. The third-order valence-electron chi connectivity index (χ3n) is 4.71. The van der Waals surface area contributed by atoms with E-state index in [9.17, 15) is 5.21 Å². The molecule has 2 N–H and O–H groups in total. The topological polar surface area (TPSA) is 64.0 Å². The van der Waals surface area contributed by atoms with Gasteiger partial charge in [-0.1, -0.05) is 37.1 Å². The number of halogens is 1. The Labute approximate surface area is 165 Å². The van der Waals surface area contributed by atoms with Gasteiger partial charge in [0.15, 0.2) is 0 Å². The quantitative estimate of drug-likeness (QED) is 0.463. The fraction of sp³-hybridized carbons (Fsp3) is 0.400. The molecule has 6 nitrogen and oxygen atoms in total. The molecule has 7 heteroatoms. The lowest BCUT2D eigenvalue weighted by Gasteiger charge is -2.36.